The maximum absolute atomic E-state index is 13.3. The van der Waals surface area contributed by atoms with Crippen molar-refractivity contribution in [2.75, 3.05) is 26.9 Å². The van der Waals surface area contributed by atoms with Crippen LogP contribution in [0.5, 0.6) is 5.75 Å². The standard InChI is InChI=1S/C25H29NO4S/c1-3-4-16-30-17-10-15-26-24(27)22(20-13-8-9-14-21(20)29-2)23(25(26)28)31-18-19-11-6-5-7-12-19/h5-9,11-14H,3-4,10,15-18H2,1-2H3. The minimum atomic E-state index is -0.265. The first-order chi connectivity index (χ1) is 15.2. The fourth-order valence-corrected chi connectivity index (χ4v) is 4.46. The molecule has 0 unspecified atom stereocenters. The molecule has 0 atom stereocenters. The van der Waals surface area contributed by atoms with E-state index in [1.807, 2.05) is 54.6 Å². The highest BCUT2D eigenvalue weighted by molar-refractivity contribution is 8.03. The Kier molecular flexibility index (Phi) is 8.74. The Bertz CT molecular complexity index is 926. The highest BCUT2D eigenvalue weighted by atomic mass is 32.2. The summed E-state index contributed by atoms with van der Waals surface area (Å²) in [6.45, 7) is 3.71. The zero-order chi connectivity index (χ0) is 22.1. The molecular formula is C25H29NO4S. The van der Waals surface area contributed by atoms with Crippen LogP contribution in [0.1, 0.15) is 37.3 Å². The zero-order valence-electron chi connectivity index (χ0n) is 18.1. The van der Waals surface area contributed by atoms with E-state index in [1.54, 1.807) is 7.11 Å². The SMILES string of the molecule is CCCCOCCCN1C(=O)C(SCc2ccccc2)=C(c2ccccc2OC)C1=O. The molecule has 0 radical (unpaired) electrons. The van der Waals surface area contributed by atoms with Crippen molar-refractivity contribution < 1.29 is 19.1 Å². The molecule has 31 heavy (non-hydrogen) atoms. The monoisotopic (exact) mass is 439 g/mol. The summed E-state index contributed by atoms with van der Waals surface area (Å²) in [5.41, 5.74) is 2.18. The van der Waals surface area contributed by atoms with E-state index in [-0.39, 0.29) is 11.8 Å². The van der Waals surface area contributed by atoms with Gasteiger partial charge in [-0.2, -0.15) is 0 Å². The lowest BCUT2D eigenvalue weighted by Crippen LogP contribution is -2.33. The first kappa shape index (κ1) is 23.1. The average molecular weight is 440 g/mol. The first-order valence-corrected chi connectivity index (χ1v) is 11.6. The summed E-state index contributed by atoms with van der Waals surface area (Å²) in [6, 6.07) is 17.3. The zero-order valence-corrected chi connectivity index (χ0v) is 19.0. The molecule has 0 aliphatic carbocycles. The molecule has 1 aliphatic rings. The van der Waals surface area contributed by atoms with E-state index in [4.69, 9.17) is 9.47 Å². The third-order valence-electron chi connectivity index (χ3n) is 5.04. The first-order valence-electron chi connectivity index (χ1n) is 10.7. The third-order valence-corrected chi connectivity index (χ3v) is 6.19. The van der Waals surface area contributed by atoms with Gasteiger partial charge in [0.05, 0.1) is 17.6 Å². The summed E-state index contributed by atoms with van der Waals surface area (Å²) in [4.78, 5) is 28.4. The van der Waals surface area contributed by atoms with Crippen molar-refractivity contribution in [2.45, 2.75) is 31.9 Å². The van der Waals surface area contributed by atoms with Gasteiger partial charge >= 0.3 is 0 Å². The van der Waals surface area contributed by atoms with Crippen molar-refractivity contribution >= 4 is 29.1 Å². The molecule has 0 N–H and O–H groups in total. The van der Waals surface area contributed by atoms with Crippen molar-refractivity contribution in [2.24, 2.45) is 0 Å². The van der Waals surface area contributed by atoms with Crippen molar-refractivity contribution in [3.8, 4) is 5.75 Å². The van der Waals surface area contributed by atoms with Gasteiger partial charge in [0.25, 0.3) is 11.8 Å². The molecule has 164 valence electrons. The summed E-state index contributed by atoms with van der Waals surface area (Å²) in [5, 5.41) is 0. The number of thioether (sulfide) groups is 1. The van der Waals surface area contributed by atoms with Gasteiger partial charge in [0.2, 0.25) is 0 Å². The molecule has 0 spiro atoms. The molecule has 3 rings (SSSR count). The number of hydrogen-bond acceptors (Lipinski definition) is 5. The second-order valence-electron chi connectivity index (χ2n) is 7.26. The third kappa shape index (κ3) is 5.77. The minimum absolute atomic E-state index is 0.236. The molecule has 0 fully saturated rings. The highest BCUT2D eigenvalue weighted by Crippen LogP contribution is 2.40. The number of nitrogens with zero attached hydrogens (tertiary/aromatic N) is 1. The van der Waals surface area contributed by atoms with Crippen LogP contribution in [0.4, 0.5) is 0 Å². The number of carbonyl (C=O) groups is 2. The largest absolute Gasteiger partial charge is 0.496 e. The van der Waals surface area contributed by atoms with Gasteiger partial charge in [-0.3, -0.25) is 14.5 Å². The van der Waals surface area contributed by atoms with Crippen molar-refractivity contribution in [3.63, 3.8) is 0 Å². The number of imide groups is 1. The van der Waals surface area contributed by atoms with E-state index in [1.165, 1.54) is 16.7 Å². The Labute approximate surface area is 188 Å². The minimum Gasteiger partial charge on any atom is -0.496 e. The van der Waals surface area contributed by atoms with Crippen LogP contribution >= 0.6 is 11.8 Å². The molecule has 1 heterocycles. The van der Waals surface area contributed by atoms with Gasteiger partial charge in [0, 0.05) is 31.1 Å². The topological polar surface area (TPSA) is 55.8 Å². The molecule has 5 nitrogen and oxygen atoms in total. The van der Waals surface area contributed by atoms with E-state index < -0.39 is 0 Å². The number of rotatable bonds is 12. The van der Waals surface area contributed by atoms with Crippen LogP contribution < -0.4 is 4.74 Å². The number of unbranched alkanes of at least 4 members (excludes halogenated alkanes) is 1. The molecule has 2 aromatic rings. The van der Waals surface area contributed by atoms with Gasteiger partial charge < -0.3 is 9.47 Å². The van der Waals surface area contributed by atoms with Crippen LogP contribution in [-0.4, -0.2) is 43.6 Å². The molecule has 0 saturated carbocycles. The Balaban J connectivity index is 1.81. The van der Waals surface area contributed by atoms with Crippen molar-refractivity contribution in [3.05, 3.63) is 70.6 Å². The Morgan fingerprint density at radius 2 is 1.61 bits per heavy atom. The molecule has 2 aromatic carbocycles. The number of hydrogen-bond donors (Lipinski definition) is 0. The smallest absolute Gasteiger partial charge is 0.267 e. The molecule has 0 aromatic heterocycles. The van der Waals surface area contributed by atoms with Crippen LogP contribution in [0.25, 0.3) is 5.57 Å². The van der Waals surface area contributed by atoms with Gasteiger partial charge in [-0.15, -0.1) is 11.8 Å². The van der Waals surface area contributed by atoms with E-state index in [2.05, 4.69) is 6.92 Å². The summed E-state index contributed by atoms with van der Waals surface area (Å²) < 4.78 is 11.1. The Morgan fingerprint density at radius 1 is 0.903 bits per heavy atom. The van der Waals surface area contributed by atoms with Gasteiger partial charge in [-0.1, -0.05) is 61.9 Å². The van der Waals surface area contributed by atoms with Crippen LogP contribution in [0, 0.1) is 0 Å². The maximum atomic E-state index is 13.3. The summed E-state index contributed by atoms with van der Waals surface area (Å²) in [7, 11) is 1.57. The van der Waals surface area contributed by atoms with Crippen molar-refractivity contribution in [1.29, 1.82) is 0 Å². The number of para-hydroxylation sites is 1. The molecule has 0 saturated heterocycles. The Morgan fingerprint density at radius 3 is 2.35 bits per heavy atom. The molecule has 1 aliphatic heterocycles. The Hall–Kier alpha value is -2.57. The normalized spacial score (nSPS) is 13.9. The summed E-state index contributed by atoms with van der Waals surface area (Å²) >= 11 is 1.41. The molecule has 6 heteroatoms. The predicted octanol–water partition coefficient (Wildman–Crippen LogP) is 4.92. The van der Waals surface area contributed by atoms with Crippen LogP contribution in [0.3, 0.4) is 0 Å². The fraction of sp³-hybridized carbons (Fsp3) is 0.360. The van der Waals surface area contributed by atoms with Crippen molar-refractivity contribution in [1.82, 2.24) is 4.90 Å². The lowest BCUT2D eigenvalue weighted by molar-refractivity contribution is -0.136. The lowest BCUT2D eigenvalue weighted by Gasteiger charge is -2.15. The number of benzene rings is 2. The average Bonchev–Trinajstić information content (AvgIpc) is 3.04. The quantitative estimate of drug-likeness (QED) is 0.347. The van der Waals surface area contributed by atoms with Gasteiger partial charge in [0.1, 0.15) is 5.75 Å². The van der Waals surface area contributed by atoms with E-state index in [0.29, 0.717) is 53.7 Å². The van der Waals surface area contributed by atoms with Gasteiger partial charge in [0.15, 0.2) is 0 Å². The highest BCUT2D eigenvalue weighted by Gasteiger charge is 2.39. The number of methoxy groups -OCH3 is 1. The van der Waals surface area contributed by atoms with E-state index >= 15 is 0 Å². The predicted molar refractivity (Wildman–Crippen MR) is 125 cm³/mol. The second kappa shape index (κ2) is 11.7. The fourth-order valence-electron chi connectivity index (χ4n) is 3.38. The van der Waals surface area contributed by atoms with Crippen LogP contribution in [0.2, 0.25) is 0 Å². The number of carbonyl (C=O) groups excluding carboxylic acids is 2. The molecule has 0 bridgehead atoms. The van der Waals surface area contributed by atoms with Crippen LogP contribution in [0.15, 0.2) is 59.5 Å². The molecular weight excluding hydrogens is 410 g/mol. The molecule has 2 amide bonds. The van der Waals surface area contributed by atoms with Gasteiger partial charge in [-0.05, 0) is 24.5 Å². The second-order valence-corrected chi connectivity index (χ2v) is 8.25. The van der Waals surface area contributed by atoms with Crippen LogP contribution in [-0.2, 0) is 20.1 Å². The lowest BCUT2D eigenvalue weighted by atomic mass is 10.1. The number of ether oxygens (including phenoxy) is 2. The number of amides is 2. The summed E-state index contributed by atoms with van der Waals surface area (Å²) in [6.07, 6.45) is 2.72. The van der Waals surface area contributed by atoms with E-state index in [9.17, 15) is 9.59 Å². The maximum Gasteiger partial charge on any atom is 0.267 e. The summed E-state index contributed by atoms with van der Waals surface area (Å²) in [5.74, 6) is 0.696. The van der Waals surface area contributed by atoms with Gasteiger partial charge in [-0.25, -0.2) is 0 Å². The van der Waals surface area contributed by atoms with E-state index in [0.717, 1.165) is 18.4 Å².